The molecule has 18 heavy (non-hydrogen) atoms. The number of hydrogen-bond acceptors (Lipinski definition) is 4. The minimum atomic E-state index is -0.394. The van der Waals surface area contributed by atoms with Crippen molar-refractivity contribution in [3.05, 3.63) is 18.2 Å². The highest BCUT2D eigenvalue weighted by atomic mass is 16.5. The normalized spacial score (nSPS) is 10.6. The average molecular weight is 249 g/mol. The highest BCUT2D eigenvalue weighted by Gasteiger charge is 2.18. The van der Waals surface area contributed by atoms with E-state index in [1.807, 2.05) is 32.0 Å². The molecule has 0 radical (unpaired) electrons. The highest BCUT2D eigenvalue weighted by molar-refractivity contribution is 5.51. The Bertz CT molecular complexity index is 413. The van der Waals surface area contributed by atoms with E-state index in [4.69, 9.17) is 19.5 Å². The van der Waals surface area contributed by atoms with E-state index in [-0.39, 0.29) is 0 Å². The van der Waals surface area contributed by atoms with Crippen molar-refractivity contribution >= 4 is 0 Å². The lowest BCUT2D eigenvalue weighted by Gasteiger charge is -2.17. The maximum atomic E-state index is 8.94. The molecule has 0 atom stereocenters. The summed E-state index contributed by atoms with van der Waals surface area (Å²) in [5, 5.41) is 8.94. The van der Waals surface area contributed by atoms with Crippen LogP contribution in [0.25, 0.3) is 0 Å². The van der Waals surface area contributed by atoms with Crippen molar-refractivity contribution in [3.8, 4) is 23.3 Å². The number of para-hydroxylation sites is 1. The van der Waals surface area contributed by atoms with E-state index in [1.54, 1.807) is 14.2 Å². The molecular weight excluding hydrogens is 230 g/mol. The van der Waals surface area contributed by atoms with E-state index in [0.29, 0.717) is 30.3 Å². The van der Waals surface area contributed by atoms with Crippen LogP contribution in [0.3, 0.4) is 0 Å². The van der Waals surface area contributed by atoms with Gasteiger partial charge in [-0.15, -0.1) is 0 Å². The van der Waals surface area contributed by atoms with Gasteiger partial charge < -0.3 is 14.2 Å². The fourth-order valence-corrected chi connectivity index (χ4v) is 1.42. The summed E-state index contributed by atoms with van der Waals surface area (Å²) in [5.41, 5.74) is -0.394. The van der Waals surface area contributed by atoms with Crippen LogP contribution in [0.1, 0.15) is 20.3 Å². The molecule has 0 saturated carbocycles. The van der Waals surface area contributed by atoms with Crippen LogP contribution in [0, 0.1) is 16.7 Å². The van der Waals surface area contributed by atoms with Crippen molar-refractivity contribution in [1.82, 2.24) is 0 Å². The van der Waals surface area contributed by atoms with Gasteiger partial charge >= 0.3 is 0 Å². The van der Waals surface area contributed by atoms with Crippen LogP contribution >= 0.6 is 0 Å². The van der Waals surface area contributed by atoms with E-state index in [1.165, 1.54) is 0 Å². The van der Waals surface area contributed by atoms with Crippen molar-refractivity contribution in [2.24, 2.45) is 5.41 Å². The monoisotopic (exact) mass is 249 g/mol. The van der Waals surface area contributed by atoms with Gasteiger partial charge in [-0.25, -0.2) is 0 Å². The van der Waals surface area contributed by atoms with E-state index in [2.05, 4.69) is 6.07 Å². The van der Waals surface area contributed by atoms with Crippen molar-refractivity contribution in [1.29, 1.82) is 5.26 Å². The Labute approximate surface area is 108 Å². The Morgan fingerprint density at radius 3 is 2.17 bits per heavy atom. The zero-order valence-corrected chi connectivity index (χ0v) is 11.3. The van der Waals surface area contributed by atoms with Gasteiger partial charge in [0.05, 0.1) is 32.3 Å². The van der Waals surface area contributed by atoms with Crippen LogP contribution < -0.4 is 14.2 Å². The molecule has 0 aliphatic carbocycles. The molecule has 1 rings (SSSR count). The van der Waals surface area contributed by atoms with Crippen LogP contribution in [-0.2, 0) is 0 Å². The minimum absolute atomic E-state index is 0.394. The van der Waals surface area contributed by atoms with Crippen molar-refractivity contribution < 1.29 is 14.2 Å². The molecule has 0 saturated heterocycles. The van der Waals surface area contributed by atoms with Gasteiger partial charge in [0.1, 0.15) is 0 Å². The first-order valence-electron chi connectivity index (χ1n) is 5.79. The van der Waals surface area contributed by atoms with E-state index in [9.17, 15) is 0 Å². The van der Waals surface area contributed by atoms with Crippen LogP contribution in [0.5, 0.6) is 17.2 Å². The van der Waals surface area contributed by atoms with Gasteiger partial charge in [0.25, 0.3) is 0 Å². The predicted molar refractivity (Wildman–Crippen MR) is 69.1 cm³/mol. The fraction of sp³-hybridized carbons (Fsp3) is 0.500. The standard InChI is InChI=1S/C14H19NO3/c1-14(2,10-15)8-9-18-13-11(16-3)6-5-7-12(13)17-4/h5-7H,8-9H2,1-4H3. The number of rotatable bonds is 6. The molecule has 0 unspecified atom stereocenters. The molecule has 1 aromatic carbocycles. The summed E-state index contributed by atoms with van der Waals surface area (Å²) >= 11 is 0. The Morgan fingerprint density at radius 1 is 1.17 bits per heavy atom. The maximum absolute atomic E-state index is 8.94. The highest BCUT2D eigenvalue weighted by Crippen LogP contribution is 2.37. The first-order valence-corrected chi connectivity index (χ1v) is 5.79. The number of hydrogen-bond donors (Lipinski definition) is 0. The summed E-state index contributed by atoms with van der Waals surface area (Å²) in [5.74, 6) is 1.84. The molecule has 0 aliphatic rings. The van der Waals surface area contributed by atoms with E-state index < -0.39 is 5.41 Å². The fourth-order valence-electron chi connectivity index (χ4n) is 1.42. The van der Waals surface area contributed by atoms with Gasteiger partial charge in [0.15, 0.2) is 11.5 Å². The van der Waals surface area contributed by atoms with Gasteiger partial charge in [-0.2, -0.15) is 5.26 Å². The third-order valence-corrected chi connectivity index (χ3v) is 2.66. The molecular formula is C14H19NO3. The lowest BCUT2D eigenvalue weighted by Crippen LogP contribution is -2.13. The molecule has 1 aromatic rings. The number of nitriles is 1. The topological polar surface area (TPSA) is 51.5 Å². The third-order valence-electron chi connectivity index (χ3n) is 2.66. The molecule has 4 nitrogen and oxygen atoms in total. The second-order valence-electron chi connectivity index (χ2n) is 4.59. The smallest absolute Gasteiger partial charge is 0.203 e. The van der Waals surface area contributed by atoms with Crippen molar-refractivity contribution in [3.63, 3.8) is 0 Å². The lowest BCUT2D eigenvalue weighted by molar-refractivity contribution is 0.241. The largest absolute Gasteiger partial charge is 0.493 e. The second-order valence-corrected chi connectivity index (χ2v) is 4.59. The first-order chi connectivity index (χ1) is 8.54. The molecule has 98 valence electrons. The number of ether oxygens (including phenoxy) is 3. The van der Waals surface area contributed by atoms with Crippen LogP contribution in [-0.4, -0.2) is 20.8 Å². The quantitative estimate of drug-likeness (QED) is 0.777. The number of benzene rings is 1. The van der Waals surface area contributed by atoms with Gasteiger partial charge in [-0.1, -0.05) is 6.07 Å². The summed E-state index contributed by atoms with van der Waals surface area (Å²) in [6, 6.07) is 7.70. The van der Waals surface area contributed by atoms with E-state index >= 15 is 0 Å². The SMILES string of the molecule is COc1cccc(OC)c1OCCC(C)(C)C#N. The summed E-state index contributed by atoms with van der Waals surface area (Å²) in [6.07, 6.45) is 0.644. The predicted octanol–water partition coefficient (Wildman–Crippen LogP) is 3.02. The Morgan fingerprint density at radius 2 is 1.72 bits per heavy atom. The molecule has 0 aliphatic heterocycles. The number of nitrogens with zero attached hydrogens (tertiary/aromatic N) is 1. The first kappa shape index (κ1) is 14.2. The molecule has 0 N–H and O–H groups in total. The van der Waals surface area contributed by atoms with Gasteiger partial charge in [0.2, 0.25) is 5.75 Å². The average Bonchev–Trinajstić information content (AvgIpc) is 2.38. The molecule has 0 spiro atoms. The molecule has 0 fully saturated rings. The van der Waals surface area contributed by atoms with Gasteiger partial charge in [-0.3, -0.25) is 0 Å². The van der Waals surface area contributed by atoms with E-state index in [0.717, 1.165) is 0 Å². The summed E-state index contributed by atoms with van der Waals surface area (Å²) in [7, 11) is 3.17. The van der Waals surface area contributed by atoms with Crippen molar-refractivity contribution in [2.45, 2.75) is 20.3 Å². The Balaban J connectivity index is 2.75. The van der Waals surface area contributed by atoms with Crippen molar-refractivity contribution in [2.75, 3.05) is 20.8 Å². The minimum Gasteiger partial charge on any atom is -0.493 e. The molecule has 0 heterocycles. The zero-order valence-electron chi connectivity index (χ0n) is 11.3. The molecule has 0 bridgehead atoms. The number of methoxy groups -OCH3 is 2. The van der Waals surface area contributed by atoms with Gasteiger partial charge in [0, 0.05) is 0 Å². The van der Waals surface area contributed by atoms with Crippen LogP contribution in [0.2, 0.25) is 0 Å². The maximum Gasteiger partial charge on any atom is 0.203 e. The summed E-state index contributed by atoms with van der Waals surface area (Å²) in [4.78, 5) is 0. The zero-order chi connectivity index (χ0) is 13.6. The molecule has 4 heteroatoms. The summed E-state index contributed by atoms with van der Waals surface area (Å²) in [6.45, 7) is 4.21. The summed E-state index contributed by atoms with van der Waals surface area (Å²) < 4.78 is 16.1. The van der Waals surface area contributed by atoms with Gasteiger partial charge in [-0.05, 0) is 32.4 Å². The third kappa shape index (κ3) is 3.56. The van der Waals surface area contributed by atoms with Crippen LogP contribution in [0.15, 0.2) is 18.2 Å². The van der Waals surface area contributed by atoms with Crippen LogP contribution in [0.4, 0.5) is 0 Å². The molecule has 0 aromatic heterocycles. The Hall–Kier alpha value is -1.89. The Kier molecular flexibility index (Phi) is 4.85. The second kappa shape index (κ2) is 6.15. The lowest BCUT2D eigenvalue weighted by atomic mass is 9.92. The molecule has 0 amide bonds.